The first-order valence-corrected chi connectivity index (χ1v) is 10.5. The van der Waals surface area contributed by atoms with E-state index in [0.717, 1.165) is 23.2 Å². The molecule has 1 amide bonds. The van der Waals surface area contributed by atoms with Crippen molar-refractivity contribution < 1.29 is 58.6 Å². The first-order valence-electron chi connectivity index (χ1n) is 10.5. The molecule has 2 aromatic rings. The number of anilines is 1. The molecule has 1 fully saturated rings. The van der Waals surface area contributed by atoms with E-state index in [1.165, 1.54) is 58.2 Å². The number of amides is 1. The molecule has 0 saturated carbocycles. The van der Waals surface area contributed by atoms with Gasteiger partial charge in [-0.05, 0) is 31.6 Å². The Morgan fingerprint density at radius 1 is 0.933 bits per heavy atom. The van der Waals surface area contributed by atoms with Crippen molar-refractivity contribution in [2.45, 2.75) is 44.9 Å². The monoisotopic (exact) mass is 650 g/mol. The Morgan fingerprint density at radius 2 is 1.57 bits per heavy atom. The Balaban J connectivity index is 0.000000531. The van der Waals surface area contributed by atoms with Crippen molar-refractivity contribution in [2.75, 3.05) is 25.0 Å². The van der Waals surface area contributed by atoms with Crippen LogP contribution >= 0.6 is 0 Å². The molecule has 1 aliphatic heterocycles. The van der Waals surface area contributed by atoms with Crippen molar-refractivity contribution in [3.63, 3.8) is 0 Å². The molecule has 0 spiro atoms. The smallest absolute Gasteiger partial charge is 0.490 e. The average Bonchev–Trinajstić information content (AvgIpc) is 2.76. The van der Waals surface area contributed by atoms with E-state index in [9.17, 15) is 4.79 Å². The van der Waals surface area contributed by atoms with Crippen LogP contribution in [0.15, 0.2) is 54.6 Å². The number of piperidine rings is 1. The predicted octanol–water partition coefficient (Wildman–Crippen LogP) is 5.90. The zero-order valence-electron chi connectivity index (χ0n) is 17.9. The standard InChI is InChI=1S/C13H10NO.C12H23N.W.Y/c15-10-14-13-9-5-4-8-12(13)11-6-2-1-3-7-11;1-2-3-4-5-7-10-13-11-8-6-9-12-13;;/h1-9H,(H,14,15);6H,1-5,7-12H2;;/q-1;-2;+2;. The molecule has 3 nitrogen and oxygen atoms in total. The van der Waals surface area contributed by atoms with Crippen LogP contribution in [0.3, 0.4) is 0 Å². The fourth-order valence-corrected chi connectivity index (χ4v) is 3.41. The van der Waals surface area contributed by atoms with Crippen LogP contribution in [-0.2, 0) is 58.6 Å². The van der Waals surface area contributed by atoms with E-state index in [-0.39, 0.29) is 53.8 Å². The maximum Gasteiger partial charge on any atom is 2.00 e. The van der Waals surface area contributed by atoms with Crippen LogP contribution in [0.5, 0.6) is 0 Å². The number of benzene rings is 2. The Labute approximate surface area is 222 Å². The summed E-state index contributed by atoms with van der Waals surface area (Å²) in [5.41, 5.74) is 2.86. The van der Waals surface area contributed by atoms with E-state index in [1.54, 1.807) is 6.41 Å². The van der Waals surface area contributed by atoms with Crippen LogP contribution in [0.2, 0.25) is 0 Å². The molecule has 0 bridgehead atoms. The molecule has 1 aliphatic rings. The van der Waals surface area contributed by atoms with E-state index in [1.807, 2.05) is 54.6 Å². The van der Waals surface area contributed by atoms with Crippen LogP contribution in [0.4, 0.5) is 5.69 Å². The summed E-state index contributed by atoms with van der Waals surface area (Å²) in [6, 6.07) is 17.6. The molecule has 1 radical (unpaired) electrons. The summed E-state index contributed by atoms with van der Waals surface area (Å²) >= 11 is 0. The Morgan fingerprint density at radius 3 is 2.23 bits per heavy atom. The molecular weight excluding hydrogens is 617 g/mol. The van der Waals surface area contributed by atoms with Gasteiger partial charge in [-0.1, -0.05) is 73.4 Å². The number of rotatable bonds is 9. The average molecular weight is 650 g/mol. The Bertz CT molecular complexity index is 663. The summed E-state index contributed by atoms with van der Waals surface area (Å²) in [5.74, 6) is 0. The van der Waals surface area contributed by atoms with Gasteiger partial charge in [0, 0.05) is 32.7 Å². The van der Waals surface area contributed by atoms with E-state index in [2.05, 4.69) is 23.6 Å². The fourth-order valence-electron chi connectivity index (χ4n) is 3.41. The van der Waals surface area contributed by atoms with Crippen LogP contribution in [-0.4, -0.2) is 30.9 Å². The Hall–Kier alpha value is -0.338. The molecule has 2 aromatic carbocycles. The first kappa shape index (κ1) is 29.7. The summed E-state index contributed by atoms with van der Waals surface area (Å²) in [4.78, 5) is 12.9. The number of carbonyl (C=O) groups excluding carboxylic acids is 1. The Kier molecular flexibility index (Phi) is 19.1. The van der Waals surface area contributed by atoms with Crippen molar-refractivity contribution >= 4 is 12.1 Å². The van der Waals surface area contributed by atoms with Crippen molar-refractivity contribution in [3.05, 3.63) is 67.9 Å². The van der Waals surface area contributed by atoms with Gasteiger partial charge in [-0.2, -0.15) is 19.3 Å². The van der Waals surface area contributed by atoms with Gasteiger partial charge in [0.05, 0.1) is 6.41 Å². The second-order valence-electron chi connectivity index (χ2n) is 7.11. The number of nitrogens with zero attached hydrogens (tertiary/aromatic N) is 1. The van der Waals surface area contributed by atoms with Crippen LogP contribution < -0.4 is 5.32 Å². The minimum atomic E-state index is 0. The number of para-hydroxylation sites is 1. The van der Waals surface area contributed by atoms with Crippen molar-refractivity contribution in [3.8, 4) is 11.1 Å². The molecule has 159 valence electrons. The van der Waals surface area contributed by atoms with Gasteiger partial charge >= 0.3 is 21.1 Å². The summed E-state index contributed by atoms with van der Waals surface area (Å²) < 4.78 is 0. The first-order chi connectivity index (χ1) is 13.8. The third-order valence-electron chi connectivity index (χ3n) is 4.97. The van der Waals surface area contributed by atoms with E-state index in [4.69, 9.17) is 0 Å². The molecule has 1 heterocycles. The molecule has 5 heteroatoms. The summed E-state index contributed by atoms with van der Waals surface area (Å²) in [5, 5.41) is 2.57. The van der Waals surface area contributed by atoms with Gasteiger partial charge in [0.1, 0.15) is 0 Å². The van der Waals surface area contributed by atoms with Crippen LogP contribution in [0.25, 0.3) is 11.1 Å². The molecule has 0 atom stereocenters. The fraction of sp³-hybridized carbons (Fsp3) is 0.400. The predicted molar refractivity (Wildman–Crippen MR) is 120 cm³/mol. The molecular formula is C25H33N2OWY-. The van der Waals surface area contributed by atoms with Gasteiger partial charge in [-0.3, -0.25) is 0 Å². The molecule has 30 heavy (non-hydrogen) atoms. The van der Waals surface area contributed by atoms with Gasteiger partial charge in [0.2, 0.25) is 0 Å². The largest absolute Gasteiger partial charge is 2.00 e. The summed E-state index contributed by atoms with van der Waals surface area (Å²) in [6.45, 7) is 7.78. The minimum Gasteiger partial charge on any atom is -0.490 e. The zero-order valence-corrected chi connectivity index (χ0v) is 23.7. The molecule has 3 rings (SSSR count). The van der Waals surface area contributed by atoms with Gasteiger partial charge in [0.25, 0.3) is 0 Å². The number of hydrogen-bond acceptors (Lipinski definition) is 2. The van der Waals surface area contributed by atoms with Crippen molar-refractivity contribution in [2.24, 2.45) is 0 Å². The maximum absolute atomic E-state index is 10.3. The second-order valence-corrected chi connectivity index (χ2v) is 7.11. The van der Waals surface area contributed by atoms with Crippen molar-refractivity contribution in [1.82, 2.24) is 4.90 Å². The molecule has 0 aromatic heterocycles. The van der Waals surface area contributed by atoms with Crippen LogP contribution in [0, 0.1) is 13.3 Å². The van der Waals surface area contributed by atoms with Gasteiger partial charge in [-0.15, -0.1) is 11.8 Å². The molecule has 1 N–H and O–H groups in total. The summed E-state index contributed by atoms with van der Waals surface area (Å²) in [6.07, 6.45) is 13.3. The molecule has 0 aliphatic carbocycles. The number of unbranched alkanes of at least 4 members (excludes halogenated alkanes) is 4. The number of nitrogens with one attached hydrogen (secondary N) is 1. The van der Waals surface area contributed by atoms with Gasteiger partial charge in [0.15, 0.2) is 0 Å². The third kappa shape index (κ3) is 11.9. The van der Waals surface area contributed by atoms with E-state index in [0.29, 0.717) is 0 Å². The van der Waals surface area contributed by atoms with Gasteiger partial charge in [-0.25, -0.2) is 0 Å². The molecule has 1 saturated heterocycles. The molecule has 0 unspecified atom stereocenters. The number of hydrogen-bond donors (Lipinski definition) is 1. The quantitative estimate of drug-likeness (QED) is 0.209. The third-order valence-corrected chi connectivity index (χ3v) is 4.97. The maximum atomic E-state index is 10.3. The minimum absolute atomic E-state index is 0. The second kappa shape index (κ2) is 19.4. The normalized spacial score (nSPS) is 13.1. The summed E-state index contributed by atoms with van der Waals surface area (Å²) in [7, 11) is 0. The van der Waals surface area contributed by atoms with Gasteiger partial charge < -0.3 is 28.4 Å². The van der Waals surface area contributed by atoms with Crippen LogP contribution in [0.1, 0.15) is 44.9 Å². The topological polar surface area (TPSA) is 32.3 Å². The number of likely N-dealkylation sites (tertiary alicyclic amines) is 1. The van der Waals surface area contributed by atoms with E-state index < -0.39 is 0 Å². The SMILES string of the molecule is O=[C-]Nc1ccccc1-c1ccccc1.[CH2-]CCCCCCN1CC[CH-]CC1.[W+2].[Y]. The zero-order chi connectivity index (χ0) is 19.9. The van der Waals surface area contributed by atoms with E-state index >= 15 is 0 Å². The van der Waals surface area contributed by atoms with Crippen molar-refractivity contribution in [1.29, 1.82) is 0 Å².